The van der Waals surface area contributed by atoms with Gasteiger partial charge in [0.25, 0.3) is 0 Å². The number of carbonyl (C=O) groups is 2. The number of amides is 4. The van der Waals surface area contributed by atoms with Crippen LogP contribution in [-0.4, -0.2) is 27.0 Å². The number of H-pyrrole nitrogens is 1. The van der Waals surface area contributed by atoms with Crippen molar-refractivity contribution in [2.45, 2.75) is 0 Å². The summed E-state index contributed by atoms with van der Waals surface area (Å²) in [5.41, 5.74) is 8.73. The number of anilines is 2. The molecule has 0 saturated carbocycles. The number of carbonyl (C=O) groups excluding carboxylic acids is 2. The lowest BCUT2D eigenvalue weighted by atomic mass is 10.8. The fraction of sp³-hybridized carbons (Fsp3) is 0. The molecule has 80 valence electrons. The van der Waals surface area contributed by atoms with E-state index in [1.54, 1.807) is 0 Å². The summed E-state index contributed by atoms with van der Waals surface area (Å²) < 4.78 is 0. The van der Waals surface area contributed by atoms with Crippen LogP contribution in [0.5, 0.6) is 0 Å². The highest BCUT2D eigenvalue weighted by molar-refractivity contribution is 5.87. The number of urea groups is 2. The third-order valence-electron chi connectivity index (χ3n) is 1.13. The van der Waals surface area contributed by atoms with Crippen molar-refractivity contribution in [3.8, 4) is 0 Å². The van der Waals surface area contributed by atoms with E-state index in [4.69, 9.17) is 11.5 Å². The summed E-state index contributed by atoms with van der Waals surface area (Å²) in [6.45, 7) is 0. The molecule has 7 N–H and O–H groups in total. The molecule has 0 spiro atoms. The number of hydrogen-bond acceptors (Lipinski definition) is 5. The average Bonchev–Trinajstić information content (AvgIpc) is 1.98. The van der Waals surface area contributed by atoms with Crippen LogP contribution in [0.1, 0.15) is 0 Å². The first-order valence-corrected chi connectivity index (χ1v) is 3.58. The lowest BCUT2D eigenvalue weighted by Gasteiger charge is -2.02. The van der Waals surface area contributed by atoms with E-state index < -0.39 is 17.8 Å². The van der Waals surface area contributed by atoms with Gasteiger partial charge in [-0.25, -0.2) is 14.4 Å². The van der Waals surface area contributed by atoms with Gasteiger partial charge < -0.3 is 11.5 Å². The molecule has 4 amide bonds. The monoisotopic (exact) mass is 213 g/mol. The SMILES string of the molecule is NC(=O)Nc1nc(NC(N)=O)[nH]c(=O)n1. The summed E-state index contributed by atoms with van der Waals surface area (Å²) in [5, 5.41) is 3.96. The number of rotatable bonds is 2. The van der Waals surface area contributed by atoms with Gasteiger partial charge in [-0.3, -0.25) is 15.6 Å². The first kappa shape index (κ1) is 10.4. The van der Waals surface area contributed by atoms with Crippen molar-refractivity contribution >= 4 is 24.0 Å². The van der Waals surface area contributed by atoms with Crippen LogP contribution in [0.2, 0.25) is 0 Å². The molecular formula is C5H7N7O3. The highest BCUT2D eigenvalue weighted by Gasteiger charge is 2.05. The van der Waals surface area contributed by atoms with Crippen molar-refractivity contribution in [2.24, 2.45) is 11.5 Å². The molecule has 0 fully saturated rings. The third-order valence-corrected chi connectivity index (χ3v) is 1.13. The lowest BCUT2D eigenvalue weighted by Crippen LogP contribution is -2.27. The normalized spacial score (nSPS) is 9.33. The number of aromatic amines is 1. The molecule has 1 aromatic rings. The molecule has 0 atom stereocenters. The number of nitrogens with one attached hydrogen (secondary N) is 3. The molecule has 10 heteroatoms. The predicted molar refractivity (Wildman–Crippen MR) is 49.1 cm³/mol. The fourth-order valence-electron chi connectivity index (χ4n) is 0.726. The van der Waals surface area contributed by atoms with Gasteiger partial charge in [0.15, 0.2) is 0 Å². The number of primary amides is 2. The second kappa shape index (κ2) is 4.04. The van der Waals surface area contributed by atoms with Crippen molar-refractivity contribution in [2.75, 3.05) is 10.6 Å². The van der Waals surface area contributed by atoms with Crippen LogP contribution >= 0.6 is 0 Å². The van der Waals surface area contributed by atoms with Crippen molar-refractivity contribution < 1.29 is 9.59 Å². The highest BCUT2D eigenvalue weighted by Crippen LogP contribution is 1.97. The molecule has 0 unspecified atom stereocenters. The van der Waals surface area contributed by atoms with Crippen LogP contribution in [0.25, 0.3) is 0 Å². The van der Waals surface area contributed by atoms with E-state index in [2.05, 4.69) is 15.0 Å². The molecule has 15 heavy (non-hydrogen) atoms. The molecule has 1 heterocycles. The Morgan fingerprint density at radius 3 is 2.27 bits per heavy atom. The minimum Gasteiger partial charge on any atom is -0.351 e. The Morgan fingerprint density at radius 2 is 1.73 bits per heavy atom. The van der Waals surface area contributed by atoms with E-state index in [9.17, 15) is 14.4 Å². The zero-order valence-corrected chi connectivity index (χ0v) is 7.27. The standard InChI is InChI=1S/C5H7N7O3/c6-1(13)8-3-10-4(9-2(7)14)12-5(15)11-3/h(H7,6,7,8,9,10,11,12,13,14,15). The van der Waals surface area contributed by atoms with Gasteiger partial charge in [-0.15, -0.1) is 0 Å². The lowest BCUT2D eigenvalue weighted by molar-refractivity contribution is 0.258. The molecule has 1 aromatic heterocycles. The van der Waals surface area contributed by atoms with Crippen LogP contribution in [0.3, 0.4) is 0 Å². The quantitative estimate of drug-likeness (QED) is 0.387. The van der Waals surface area contributed by atoms with Gasteiger partial charge in [0, 0.05) is 0 Å². The Balaban J connectivity index is 2.99. The van der Waals surface area contributed by atoms with E-state index in [-0.39, 0.29) is 11.9 Å². The molecule has 0 bridgehead atoms. The number of nitrogens with zero attached hydrogens (tertiary/aromatic N) is 2. The van der Waals surface area contributed by atoms with Gasteiger partial charge in [-0.2, -0.15) is 9.97 Å². The molecule has 0 radical (unpaired) electrons. The first-order valence-electron chi connectivity index (χ1n) is 3.58. The van der Waals surface area contributed by atoms with E-state index in [1.165, 1.54) is 0 Å². The predicted octanol–water partition coefficient (Wildman–Crippen LogP) is -1.85. The van der Waals surface area contributed by atoms with Gasteiger partial charge in [-0.05, 0) is 0 Å². The van der Waals surface area contributed by atoms with Gasteiger partial charge in [0.1, 0.15) is 0 Å². The molecule has 10 nitrogen and oxygen atoms in total. The minimum absolute atomic E-state index is 0.244. The first-order chi connectivity index (χ1) is 6.97. The van der Waals surface area contributed by atoms with E-state index in [0.29, 0.717) is 0 Å². The zero-order chi connectivity index (χ0) is 11.4. The van der Waals surface area contributed by atoms with Crippen molar-refractivity contribution in [1.82, 2.24) is 15.0 Å². The Morgan fingerprint density at radius 1 is 1.13 bits per heavy atom. The topological polar surface area (TPSA) is 169 Å². The van der Waals surface area contributed by atoms with Crippen LogP contribution in [0, 0.1) is 0 Å². The van der Waals surface area contributed by atoms with Crippen LogP contribution < -0.4 is 27.8 Å². The third kappa shape index (κ3) is 3.30. The largest absolute Gasteiger partial charge is 0.351 e. The molecular weight excluding hydrogens is 206 g/mol. The zero-order valence-electron chi connectivity index (χ0n) is 7.27. The maximum absolute atomic E-state index is 10.9. The molecule has 0 aliphatic carbocycles. The summed E-state index contributed by atoms with van der Waals surface area (Å²) in [7, 11) is 0. The van der Waals surface area contributed by atoms with Crippen LogP contribution in [-0.2, 0) is 0 Å². The number of hydrogen-bond donors (Lipinski definition) is 5. The Labute approximate surface area is 82.1 Å². The van der Waals surface area contributed by atoms with Crippen molar-refractivity contribution in [3.05, 3.63) is 10.5 Å². The second-order valence-corrected chi connectivity index (χ2v) is 2.30. The minimum atomic E-state index is -0.939. The van der Waals surface area contributed by atoms with Crippen molar-refractivity contribution in [1.29, 1.82) is 0 Å². The molecule has 1 rings (SSSR count). The van der Waals surface area contributed by atoms with Gasteiger partial charge in [0.2, 0.25) is 11.9 Å². The Kier molecular flexibility index (Phi) is 2.81. The summed E-state index contributed by atoms with van der Waals surface area (Å²) >= 11 is 0. The summed E-state index contributed by atoms with van der Waals surface area (Å²) in [4.78, 5) is 40.6. The maximum Gasteiger partial charge on any atom is 0.351 e. The fourth-order valence-corrected chi connectivity index (χ4v) is 0.726. The maximum atomic E-state index is 10.9. The molecule has 0 aliphatic rings. The number of aromatic nitrogens is 3. The smallest absolute Gasteiger partial charge is 0.351 e. The van der Waals surface area contributed by atoms with Crippen LogP contribution in [0.15, 0.2) is 4.79 Å². The summed E-state index contributed by atoms with van der Waals surface area (Å²) in [5.74, 6) is -0.582. The summed E-state index contributed by atoms with van der Waals surface area (Å²) in [6.07, 6.45) is 0. The summed E-state index contributed by atoms with van der Waals surface area (Å²) in [6, 6.07) is -1.86. The Bertz CT molecular complexity index is 415. The van der Waals surface area contributed by atoms with Crippen LogP contribution in [0.4, 0.5) is 21.5 Å². The Hall–Kier alpha value is -2.65. The van der Waals surface area contributed by atoms with E-state index in [0.717, 1.165) is 0 Å². The molecule has 0 saturated heterocycles. The van der Waals surface area contributed by atoms with Gasteiger partial charge in [-0.1, -0.05) is 0 Å². The van der Waals surface area contributed by atoms with E-state index in [1.807, 2.05) is 10.6 Å². The average molecular weight is 213 g/mol. The second-order valence-electron chi connectivity index (χ2n) is 2.30. The molecule has 0 aromatic carbocycles. The van der Waals surface area contributed by atoms with E-state index >= 15 is 0 Å². The molecule has 0 aliphatic heterocycles. The van der Waals surface area contributed by atoms with Crippen molar-refractivity contribution in [3.63, 3.8) is 0 Å². The highest BCUT2D eigenvalue weighted by atomic mass is 16.2. The van der Waals surface area contributed by atoms with Gasteiger partial charge in [0.05, 0.1) is 0 Å². The van der Waals surface area contributed by atoms with Gasteiger partial charge >= 0.3 is 17.8 Å². The number of nitrogens with two attached hydrogens (primary N) is 2.